The van der Waals surface area contributed by atoms with Crippen LogP contribution in [0.25, 0.3) is 0 Å². The second-order valence-electron chi connectivity index (χ2n) is 6.04. The maximum Gasteiger partial charge on any atom is 0.262 e. The quantitative estimate of drug-likeness (QED) is 0.835. The lowest BCUT2D eigenvalue weighted by Crippen LogP contribution is -2.45. The number of halogens is 1. The summed E-state index contributed by atoms with van der Waals surface area (Å²) in [5.41, 5.74) is 1.58. The van der Waals surface area contributed by atoms with E-state index in [2.05, 4.69) is 0 Å². The average Bonchev–Trinajstić information content (AvgIpc) is 2.61. The van der Waals surface area contributed by atoms with Crippen molar-refractivity contribution in [2.75, 3.05) is 18.5 Å². The van der Waals surface area contributed by atoms with Gasteiger partial charge in [-0.15, -0.1) is 0 Å². The molecular formula is C20H25ClN2O3. The first-order chi connectivity index (χ1) is 12.3. The molecule has 26 heavy (non-hydrogen) atoms. The maximum atomic E-state index is 13.2. The molecule has 5 nitrogen and oxygen atoms in total. The number of hydrogen-bond donors (Lipinski definition) is 2. The van der Waals surface area contributed by atoms with E-state index in [1.165, 1.54) is 4.90 Å². The molecule has 1 aromatic carbocycles. The van der Waals surface area contributed by atoms with Crippen LogP contribution in [0.5, 0.6) is 0 Å². The summed E-state index contributed by atoms with van der Waals surface area (Å²) in [4.78, 5) is 16.2. The van der Waals surface area contributed by atoms with E-state index in [0.29, 0.717) is 35.0 Å². The normalized spacial score (nSPS) is 21.2. The second-order valence-corrected chi connectivity index (χ2v) is 6.60. The first-order valence-corrected chi connectivity index (χ1v) is 9.01. The standard InChI is InChI=1S/C20H25ClN2O3/c1-5-10-15-16(13(3)21)18(24)17(19(25)22(15)4)20(26)23(6-2)14-11-8-7-9-12-14/h7-12,19,24-25H,5-6H2,1-4H3/b15-10?,16-13-. The van der Waals surface area contributed by atoms with E-state index in [1.807, 2.05) is 50.3 Å². The van der Waals surface area contributed by atoms with Gasteiger partial charge in [0.1, 0.15) is 11.3 Å². The summed E-state index contributed by atoms with van der Waals surface area (Å²) in [6.45, 7) is 5.84. The largest absolute Gasteiger partial charge is 0.507 e. The number of allylic oxidation sites excluding steroid dienone is 2. The average molecular weight is 377 g/mol. The van der Waals surface area contributed by atoms with Crippen LogP contribution in [0, 0.1) is 0 Å². The highest BCUT2D eigenvalue weighted by atomic mass is 35.5. The molecule has 1 amide bonds. The maximum absolute atomic E-state index is 13.2. The molecule has 1 aromatic rings. The number of rotatable bonds is 4. The molecule has 0 bridgehead atoms. The van der Waals surface area contributed by atoms with Gasteiger partial charge in [-0.25, -0.2) is 0 Å². The topological polar surface area (TPSA) is 64.0 Å². The Labute approximate surface area is 159 Å². The summed E-state index contributed by atoms with van der Waals surface area (Å²) in [7, 11) is 1.67. The number of para-hydroxylation sites is 1. The van der Waals surface area contributed by atoms with Gasteiger partial charge < -0.3 is 20.0 Å². The van der Waals surface area contributed by atoms with Gasteiger partial charge in [0, 0.05) is 30.0 Å². The molecular weight excluding hydrogens is 352 g/mol. The molecule has 0 radical (unpaired) electrons. The van der Waals surface area contributed by atoms with Gasteiger partial charge in [-0.1, -0.05) is 42.8 Å². The van der Waals surface area contributed by atoms with Crippen molar-refractivity contribution in [1.82, 2.24) is 4.90 Å². The van der Waals surface area contributed by atoms with Gasteiger partial charge in [0.05, 0.1) is 5.57 Å². The Hall–Kier alpha value is -2.24. The number of benzene rings is 1. The molecule has 0 aliphatic carbocycles. The Bertz CT molecular complexity index is 765. The van der Waals surface area contributed by atoms with Crippen LogP contribution in [0.3, 0.4) is 0 Å². The van der Waals surface area contributed by atoms with E-state index in [-0.39, 0.29) is 11.3 Å². The highest BCUT2D eigenvalue weighted by molar-refractivity contribution is 6.30. The zero-order valence-corrected chi connectivity index (χ0v) is 16.3. The molecule has 6 heteroatoms. The highest BCUT2D eigenvalue weighted by Crippen LogP contribution is 2.36. The van der Waals surface area contributed by atoms with Crippen molar-refractivity contribution in [3.63, 3.8) is 0 Å². The summed E-state index contributed by atoms with van der Waals surface area (Å²) in [5.74, 6) is -0.733. The first kappa shape index (κ1) is 20.1. The van der Waals surface area contributed by atoms with Crippen LogP contribution in [0.15, 0.2) is 64.0 Å². The smallest absolute Gasteiger partial charge is 0.262 e. The molecule has 0 saturated carbocycles. The minimum Gasteiger partial charge on any atom is -0.507 e. The number of carbonyl (C=O) groups is 1. The van der Waals surface area contributed by atoms with Gasteiger partial charge in [0.25, 0.3) is 5.91 Å². The Morgan fingerprint density at radius 2 is 1.92 bits per heavy atom. The number of amides is 1. The van der Waals surface area contributed by atoms with Gasteiger partial charge in [-0.05, 0) is 32.4 Å². The lowest BCUT2D eigenvalue weighted by Gasteiger charge is -2.37. The number of likely N-dealkylation sites (N-methyl/N-ethyl adjacent to an activating group) is 2. The van der Waals surface area contributed by atoms with E-state index >= 15 is 0 Å². The Morgan fingerprint density at radius 3 is 2.42 bits per heavy atom. The van der Waals surface area contributed by atoms with Gasteiger partial charge in [-0.3, -0.25) is 4.79 Å². The van der Waals surface area contributed by atoms with E-state index in [4.69, 9.17) is 11.6 Å². The van der Waals surface area contributed by atoms with E-state index in [9.17, 15) is 15.0 Å². The van der Waals surface area contributed by atoms with Crippen molar-refractivity contribution in [2.24, 2.45) is 0 Å². The fourth-order valence-electron chi connectivity index (χ4n) is 3.07. The van der Waals surface area contributed by atoms with Crippen molar-refractivity contribution in [3.05, 3.63) is 64.0 Å². The monoisotopic (exact) mass is 376 g/mol. The molecule has 0 saturated heterocycles. The van der Waals surface area contributed by atoms with Crippen molar-refractivity contribution < 1.29 is 15.0 Å². The van der Waals surface area contributed by atoms with Crippen molar-refractivity contribution >= 4 is 23.2 Å². The van der Waals surface area contributed by atoms with Crippen LogP contribution in [-0.2, 0) is 4.79 Å². The van der Waals surface area contributed by atoms with Crippen LogP contribution in [-0.4, -0.2) is 40.8 Å². The molecule has 140 valence electrons. The number of carbonyl (C=O) groups excluding carboxylic acids is 1. The van der Waals surface area contributed by atoms with E-state index < -0.39 is 12.1 Å². The second kappa shape index (κ2) is 8.43. The molecule has 1 heterocycles. The molecule has 0 aromatic heterocycles. The molecule has 0 fully saturated rings. The minimum absolute atomic E-state index is 0.0820. The third-order valence-corrected chi connectivity index (χ3v) is 4.54. The highest BCUT2D eigenvalue weighted by Gasteiger charge is 2.38. The molecule has 2 rings (SSSR count). The Kier molecular flexibility index (Phi) is 6.51. The molecule has 0 spiro atoms. The van der Waals surface area contributed by atoms with Crippen LogP contribution >= 0.6 is 11.6 Å². The summed E-state index contributed by atoms with van der Waals surface area (Å²) in [5, 5.41) is 21.9. The predicted octanol–water partition coefficient (Wildman–Crippen LogP) is 3.92. The Morgan fingerprint density at radius 1 is 1.31 bits per heavy atom. The van der Waals surface area contributed by atoms with Gasteiger partial charge >= 0.3 is 0 Å². The van der Waals surface area contributed by atoms with Crippen LogP contribution in [0.4, 0.5) is 5.69 Å². The number of hydrogen-bond acceptors (Lipinski definition) is 4. The number of aliphatic hydroxyl groups excluding tert-OH is 2. The lowest BCUT2D eigenvalue weighted by molar-refractivity contribution is -0.117. The molecule has 1 aliphatic rings. The summed E-state index contributed by atoms with van der Waals surface area (Å²) in [6, 6.07) is 9.15. The molecule has 1 atom stereocenters. The number of nitrogens with zero attached hydrogens (tertiary/aromatic N) is 2. The molecule has 2 N–H and O–H groups in total. The van der Waals surface area contributed by atoms with Crippen LogP contribution in [0.2, 0.25) is 0 Å². The summed E-state index contributed by atoms with van der Waals surface area (Å²) < 4.78 is 0. The minimum atomic E-state index is -1.27. The third-order valence-electron chi connectivity index (χ3n) is 4.35. The molecule has 1 aliphatic heterocycles. The number of aliphatic hydroxyl groups is 2. The predicted molar refractivity (Wildman–Crippen MR) is 105 cm³/mol. The number of anilines is 1. The zero-order valence-electron chi connectivity index (χ0n) is 15.5. The van der Waals surface area contributed by atoms with Gasteiger partial charge in [0.2, 0.25) is 0 Å². The first-order valence-electron chi connectivity index (χ1n) is 8.63. The summed E-state index contributed by atoms with van der Waals surface area (Å²) in [6.07, 6.45) is 1.29. The molecule has 1 unspecified atom stereocenters. The van der Waals surface area contributed by atoms with Crippen molar-refractivity contribution in [2.45, 2.75) is 33.4 Å². The fourth-order valence-corrected chi connectivity index (χ4v) is 3.25. The van der Waals surface area contributed by atoms with Gasteiger partial charge in [0.15, 0.2) is 6.23 Å². The van der Waals surface area contributed by atoms with Crippen molar-refractivity contribution in [1.29, 1.82) is 0 Å². The Balaban J connectivity index is 2.60. The SMILES string of the molecule is CCC=C1/C(=C(\C)Cl)C(O)=C(C(=O)N(CC)c2ccccc2)C(O)N1C. The van der Waals surface area contributed by atoms with E-state index in [0.717, 1.165) is 0 Å². The third kappa shape index (κ3) is 3.64. The van der Waals surface area contributed by atoms with E-state index in [1.54, 1.807) is 18.9 Å². The zero-order chi connectivity index (χ0) is 19.4. The van der Waals surface area contributed by atoms with Gasteiger partial charge in [-0.2, -0.15) is 0 Å². The summed E-state index contributed by atoms with van der Waals surface area (Å²) >= 11 is 6.21. The van der Waals surface area contributed by atoms with Crippen LogP contribution < -0.4 is 4.90 Å². The fraction of sp³-hybridized carbons (Fsp3) is 0.350. The lowest BCUT2D eigenvalue weighted by atomic mass is 9.95. The van der Waals surface area contributed by atoms with Crippen molar-refractivity contribution in [3.8, 4) is 0 Å². The van der Waals surface area contributed by atoms with Crippen LogP contribution in [0.1, 0.15) is 27.2 Å².